The minimum Gasteiger partial charge on any atom is -0.450 e. The lowest BCUT2D eigenvalue weighted by atomic mass is 10.1. The van der Waals surface area contributed by atoms with E-state index in [0.717, 1.165) is 4.47 Å². The molecule has 28 heavy (non-hydrogen) atoms. The van der Waals surface area contributed by atoms with Crippen molar-refractivity contribution in [3.8, 4) is 0 Å². The maximum atomic E-state index is 13.2. The Bertz CT molecular complexity index is 1180. The first-order chi connectivity index (χ1) is 13.5. The first-order valence-electron chi connectivity index (χ1n) is 8.41. The van der Waals surface area contributed by atoms with Crippen molar-refractivity contribution in [3.63, 3.8) is 0 Å². The summed E-state index contributed by atoms with van der Waals surface area (Å²) in [5, 5.41) is 3.40. The number of para-hydroxylation sites is 1. The highest BCUT2D eigenvalue weighted by Crippen LogP contribution is 2.33. The van der Waals surface area contributed by atoms with Crippen LogP contribution in [0.4, 0.5) is 10.1 Å². The van der Waals surface area contributed by atoms with E-state index in [1.165, 1.54) is 24.3 Å². The summed E-state index contributed by atoms with van der Waals surface area (Å²) in [4.78, 5) is 25.6. The van der Waals surface area contributed by atoms with Crippen molar-refractivity contribution in [2.45, 2.75) is 0 Å². The minimum atomic E-state index is -0.442. The number of benzene rings is 3. The van der Waals surface area contributed by atoms with Crippen LogP contribution in [0, 0.1) is 5.82 Å². The van der Waals surface area contributed by atoms with E-state index in [4.69, 9.17) is 4.42 Å². The number of fused-ring (bicyclic) bond motifs is 1. The Kier molecular flexibility index (Phi) is 4.79. The molecule has 1 N–H and O–H groups in total. The van der Waals surface area contributed by atoms with E-state index in [9.17, 15) is 14.0 Å². The molecule has 3 aromatic carbocycles. The van der Waals surface area contributed by atoms with Gasteiger partial charge >= 0.3 is 0 Å². The van der Waals surface area contributed by atoms with Gasteiger partial charge in [-0.3, -0.25) is 9.59 Å². The average Bonchev–Trinajstić information content (AvgIpc) is 3.07. The molecule has 0 atom stereocenters. The van der Waals surface area contributed by atoms with Gasteiger partial charge in [0, 0.05) is 21.0 Å². The summed E-state index contributed by atoms with van der Waals surface area (Å²) in [6.07, 6.45) is 0. The van der Waals surface area contributed by atoms with E-state index >= 15 is 0 Å². The van der Waals surface area contributed by atoms with Crippen LogP contribution < -0.4 is 5.32 Å². The van der Waals surface area contributed by atoms with Crippen LogP contribution in [0.1, 0.15) is 26.5 Å². The van der Waals surface area contributed by atoms with Gasteiger partial charge in [0.15, 0.2) is 5.76 Å². The van der Waals surface area contributed by atoms with Gasteiger partial charge in [0.1, 0.15) is 11.4 Å². The summed E-state index contributed by atoms with van der Waals surface area (Å²) in [6.45, 7) is 0. The van der Waals surface area contributed by atoms with E-state index in [-0.39, 0.29) is 22.9 Å². The predicted octanol–water partition coefficient (Wildman–Crippen LogP) is 5.82. The number of rotatable bonds is 4. The fourth-order valence-corrected chi connectivity index (χ4v) is 3.11. The number of amides is 1. The molecule has 0 saturated carbocycles. The number of nitrogens with one attached hydrogen (secondary N) is 1. The largest absolute Gasteiger partial charge is 0.450 e. The highest BCUT2D eigenvalue weighted by atomic mass is 79.9. The van der Waals surface area contributed by atoms with Crippen molar-refractivity contribution in [1.29, 1.82) is 0 Å². The fourth-order valence-electron chi connectivity index (χ4n) is 2.85. The zero-order chi connectivity index (χ0) is 19.7. The molecule has 138 valence electrons. The number of hydrogen-bond donors (Lipinski definition) is 1. The van der Waals surface area contributed by atoms with Crippen molar-refractivity contribution in [2.24, 2.45) is 0 Å². The molecule has 0 unspecified atom stereocenters. The Balaban J connectivity index is 1.77. The molecule has 1 heterocycles. The Morgan fingerprint density at radius 2 is 1.50 bits per heavy atom. The predicted molar refractivity (Wildman–Crippen MR) is 108 cm³/mol. The minimum absolute atomic E-state index is 0.00160. The van der Waals surface area contributed by atoms with Gasteiger partial charge in [-0.1, -0.05) is 28.1 Å². The van der Waals surface area contributed by atoms with Gasteiger partial charge in [-0.2, -0.15) is 0 Å². The molecule has 6 heteroatoms. The Morgan fingerprint density at radius 3 is 2.21 bits per heavy atom. The van der Waals surface area contributed by atoms with Crippen LogP contribution in [0.15, 0.2) is 81.7 Å². The van der Waals surface area contributed by atoms with E-state index in [0.29, 0.717) is 16.5 Å². The molecule has 4 aromatic rings. The number of anilines is 1. The Labute approximate surface area is 168 Å². The molecule has 0 aliphatic carbocycles. The van der Waals surface area contributed by atoms with Gasteiger partial charge in [0.2, 0.25) is 5.78 Å². The maximum absolute atomic E-state index is 13.2. The fraction of sp³-hybridized carbons (Fsp3) is 0. The number of ketones is 1. The molecule has 0 aliphatic heterocycles. The monoisotopic (exact) mass is 437 g/mol. The summed E-state index contributed by atoms with van der Waals surface area (Å²) < 4.78 is 19.8. The topological polar surface area (TPSA) is 59.3 Å². The third-order valence-corrected chi connectivity index (χ3v) is 4.78. The molecule has 0 radical (unpaired) electrons. The first kappa shape index (κ1) is 18.1. The maximum Gasteiger partial charge on any atom is 0.255 e. The Hall–Kier alpha value is -3.25. The van der Waals surface area contributed by atoms with Gasteiger partial charge in [-0.05, 0) is 60.7 Å². The lowest BCUT2D eigenvalue weighted by Gasteiger charge is -2.06. The SMILES string of the molecule is O=C(Nc1c(C(=O)c2ccc(F)cc2)oc2ccccc12)c1ccc(Br)cc1. The molecule has 0 bridgehead atoms. The molecule has 0 saturated heterocycles. The zero-order valence-electron chi connectivity index (χ0n) is 14.4. The molecule has 1 amide bonds. The lowest BCUT2D eigenvalue weighted by Crippen LogP contribution is -2.14. The summed E-state index contributed by atoms with van der Waals surface area (Å²) in [5.74, 6) is -1.25. The highest BCUT2D eigenvalue weighted by molar-refractivity contribution is 9.10. The summed E-state index contributed by atoms with van der Waals surface area (Å²) in [6, 6.07) is 19.1. The number of halogens is 2. The number of carbonyl (C=O) groups is 2. The Morgan fingerprint density at radius 1 is 0.857 bits per heavy atom. The van der Waals surface area contributed by atoms with Crippen LogP contribution in [0.5, 0.6) is 0 Å². The van der Waals surface area contributed by atoms with Gasteiger partial charge in [0.25, 0.3) is 5.91 Å². The third-order valence-electron chi connectivity index (χ3n) is 4.25. The molecule has 0 spiro atoms. The molecular weight excluding hydrogens is 425 g/mol. The number of furan rings is 1. The average molecular weight is 438 g/mol. The second-order valence-electron chi connectivity index (χ2n) is 6.10. The van der Waals surface area contributed by atoms with Crippen LogP contribution >= 0.6 is 15.9 Å². The molecule has 4 rings (SSSR count). The normalized spacial score (nSPS) is 10.8. The van der Waals surface area contributed by atoms with Crippen molar-refractivity contribution in [2.75, 3.05) is 5.32 Å². The lowest BCUT2D eigenvalue weighted by molar-refractivity contribution is 0.101. The van der Waals surface area contributed by atoms with E-state index in [1.807, 2.05) is 0 Å². The van der Waals surface area contributed by atoms with Gasteiger partial charge in [-0.25, -0.2) is 4.39 Å². The van der Waals surface area contributed by atoms with Crippen molar-refractivity contribution in [1.82, 2.24) is 0 Å². The smallest absolute Gasteiger partial charge is 0.255 e. The number of carbonyl (C=O) groups excluding carboxylic acids is 2. The van der Waals surface area contributed by atoms with E-state index in [1.54, 1.807) is 48.5 Å². The molecule has 4 nitrogen and oxygen atoms in total. The molecular formula is C22H13BrFNO3. The van der Waals surface area contributed by atoms with Crippen molar-refractivity contribution < 1.29 is 18.4 Å². The third kappa shape index (κ3) is 3.46. The van der Waals surface area contributed by atoms with Gasteiger partial charge < -0.3 is 9.73 Å². The molecule has 1 aromatic heterocycles. The van der Waals surface area contributed by atoms with Crippen LogP contribution in [0.3, 0.4) is 0 Å². The van der Waals surface area contributed by atoms with Crippen LogP contribution in [-0.2, 0) is 0 Å². The molecule has 0 fully saturated rings. The molecule has 0 aliphatic rings. The second kappa shape index (κ2) is 7.40. The van der Waals surface area contributed by atoms with Crippen LogP contribution in [0.2, 0.25) is 0 Å². The van der Waals surface area contributed by atoms with E-state index < -0.39 is 11.6 Å². The van der Waals surface area contributed by atoms with Crippen molar-refractivity contribution >= 4 is 44.3 Å². The highest BCUT2D eigenvalue weighted by Gasteiger charge is 2.23. The van der Waals surface area contributed by atoms with Crippen LogP contribution in [-0.4, -0.2) is 11.7 Å². The summed E-state index contributed by atoms with van der Waals surface area (Å²) >= 11 is 3.33. The van der Waals surface area contributed by atoms with Crippen LogP contribution in [0.25, 0.3) is 11.0 Å². The summed E-state index contributed by atoms with van der Waals surface area (Å²) in [7, 11) is 0. The van der Waals surface area contributed by atoms with Gasteiger partial charge in [0.05, 0.1) is 5.69 Å². The summed E-state index contributed by atoms with van der Waals surface area (Å²) in [5.41, 5.74) is 1.46. The number of hydrogen-bond acceptors (Lipinski definition) is 3. The van der Waals surface area contributed by atoms with Gasteiger partial charge in [-0.15, -0.1) is 0 Å². The zero-order valence-corrected chi connectivity index (χ0v) is 16.0. The first-order valence-corrected chi connectivity index (χ1v) is 9.21. The quantitative estimate of drug-likeness (QED) is 0.409. The van der Waals surface area contributed by atoms with E-state index in [2.05, 4.69) is 21.2 Å². The standard InChI is InChI=1S/C22H13BrFNO3/c23-15-9-5-14(6-10-15)22(27)25-19-17-3-1-2-4-18(17)28-21(19)20(26)13-7-11-16(24)12-8-13/h1-12H,(H,25,27). The second-order valence-corrected chi connectivity index (χ2v) is 7.02. The van der Waals surface area contributed by atoms with Crippen molar-refractivity contribution in [3.05, 3.63) is 100.0 Å².